The summed E-state index contributed by atoms with van der Waals surface area (Å²) in [5.74, 6) is 1.78. The number of carbonyl (C=O) groups is 1. The maximum absolute atomic E-state index is 11.6. The van der Waals surface area contributed by atoms with Gasteiger partial charge < -0.3 is 19.5 Å². The first-order chi connectivity index (χ1) is 12.2. The number of nitrogens with zero attached hydrogens (tertiary/aromatic N) is 1. The lowest BCUT2D eigenvalue weighted by Crippen LogP contribution is -2.25. The van der Waals surface area contributed by atoms with Crippen molar-refractivity contribution < 1.29 is 19.0 Å². The van der Waals surface area contributed by atoms with Gasteiger partial charge in [0.25, 0.3) is 5.91 Å². The van der Waals surface area contributed by atoms with Crippen LogP contribution in [-0.2, 0) is 4.79 Å². The molecule has 126 valence electrons. The largest absolute Gasteiger partial charge is 0.493 e. The molecule has 25 heavy (non-hydrogen) atoms. The van der Waals surface area contributed by atoms with Gasteiger partial charge in [0.15, 0.2) is 18.1 Å². The molecule has 0 atom stereocenters. The van der Waals surface area contributed by atoms with E-state index < -0.39 is 0 Å². The van der Waals surface area contributed by atoms with Crippen molar-refractivity contribution in [1.82, 2.24) is 4.98 Å². The molecule has 0 radical (unpaired) electrons. The van der Waals surface area contributed by atoms with Crippen molar-refractivity contribution >= 4 is 22.5 Å². The Morgan fingerprint density at radius 3 is 2.68 bits per heavy atom. The van der Waals surface area contributed by atoms with Gasteiger partial charge in [-0.25, -0.2) is 0 Å². The Bertz CT molecular complexity index is 985. The number of hydrogen-bond donors (Lipinski definition) is 1. The third-order valence-corrected chi connectivity index (χ3v) is 4.17. The molecule has 0 saturated heterocycles. The molecule has 1 aliphatic rings. The van der Waals surface area contributed by atoms with Crippen LogP contribution in [0.15, 0.2) is 42.6 Å². The second-order valence-electron chi connectivity index (χ2n) is 5.63. The number of aromatic nitrogens is 1. The van der Waals surface area contributed by atoms with E-state index in [4.69, 9.17) is 14.2 Å². The molecule has 4 rings (SSSR count). The highest BCUT2D eigenvalue weighted by Crippen LogP contribution is 2.38. The first kappa shape index (κ1) is 15.3. The van der Waals surface area contributed by atoms with E-state index in [0.29, 0.717) is 22.9 Å². The molecule has 6 heteroatoms. The Morgan fingerprint density at radius 1 is 1.08 bits per heavy atom. The summed E-state index contributed by atoms with van der Waals surface area (Å²) >= 11 is 0. The smallest absolute Gasteiger partial charge is 0.262 e. The van der Waals surface area contributed by atoms with Crippen molar-refractivity contribution in [3.8, 4) is 28.4 Å². The summed E-state index contributed by atoms with van der Waals surface area (Å²) in [7, 11) is 3.20. The van der Waals surface area contributed by atoms with Gasteiger partial charge >= 0.3 is 0 Å². The van der Waals surface area contributed by atoms with Crippen molar-refractivity contribution in [2.75, 3.05) is 26.1 Å². The standard InChI is InChI=1S/C19H16N2O4/c1-23-17-8-13-12(5-6-20-14(13)9-18(17)24-2)11-3-4-16-15(7-11)21-19(22)10-25-16/h3-9H,10H2,1-2H3,(H,21,22). The number of methoxy groups -OCH3 is 2. The monoisotopic (exact) mass is 336 g/mol. The number of hydrogen-bond acceptors (Lipinski definition) is 5. The highest BCUT2D eigenvalue weighted by atomic mass is 16.5. The summed E-state index contributed by atoms with van der Waals surface area (Å²) in [4.78, 5) is 16.0. The van der Waals surface area contributed by atoms with Crippen LogP contribution >= 0.6 is 0 Å². The Hall–Kier alpha value is -3.28. The zero-order valence-corrected chi connectivity index (χ0v) is 13.8. The van der Waals surface area contributed by atoms with E-state index >= 15 is 0 Å². The highest BCUT2D eigenvalue weighted by Gasteiger charge is 2.17. The van der Waals surface area contributed by atoms with Crippen LogP contribution in [-0.4, -0.2) is 31.7 Å². The fourth-order valence-electron chi connectivity index (χ4n) is 2.98. The van der Waals surface area contributed by atoms with E-state index in [1.165, 1.54) is 0 Å². The minimum atomic E-state index is -0.157. The lowest BCUT2D eigenvalue weighted by Gasteiger charge is -2.19. The molecule has 2 aromatic carbocycles. The summed E-state index contributed by atoms with van der Waals surface area (Å²) in [6.07, 6.45) is 1.75. The van der Waals surface area contributed by atoms with Crippen LogP contribution in [0.2, 0.25) is 0 Å². The van der Waals surface area contributed by atoms with Crippen LogP contribution < -0.4 is 19.5 Å². The minimum absolute atomic E-state index is 0.0432. The van der Waals surface area contributed by atoms with Gasteiger partial charge in [-0.05, 0) is 35.4 Å². The quantitative estimate of drug-likeness (QED) is 0.795. The minimum Gasteiger partial charge on any atom is -0.493 e. The second kappa shape index (κ2) is 5.98. The van der Waals surface area contributed by atoms with Gasteiger partial charge in [-0.3, -0.25) is 9.78 Å². The van der Waals surface area contributed by atoms with Gasteiger partial charge in [0, 0.05) is 17.6 Å². The number of amides is 1. The average Bonchev–Trinajstić information content (AvgIpc) is 2.65. The molecule has 0 spiro atoms. The number of ether oxygens (including phenoxy) is 3. The van der Waals surface area contributed by atoms with Gasteiger partial charge in [0.1, 0.15) is 5.75 Å². The molecule has 1 aromatic heterocycles. The maximum atomic E-state index is 11.6. The summed E-state index contributed by atoms with van der Waals surface area (Å²) in [5, 5.41) is 3.77. The van der Waals surface area contributed by atoms with Gasteiger partial charge in [0.2, 0.25) is 0 Å². The van der Waals surface area contributed by atoms with E-state index in [9.17, 15) is 4.79 Å². The molecule has 2 heterocycles. The predicted octanol–water partition coefficient (Wildman–Crippen LogP) is 3.25. The molecule has 0 bridgehead atoms. The van der Waals surface area contributed by atoms with Crippen LogP contribution in [0.4, 0.5) is 5.69 Å². The van der Waals surface area contributed by atoms with Crippen molar-refractivity contribution in [3.05, 3.63) is 42.6 Å². The van der Waals surface area contributed by atoms with E-state index in [2.05, 4.69) is 10.3 Å². The second-order valence-corrected chi connectivity index (χ2v) is 5.63. The summed E-state index contributed by atoms with van der Waals surface area (Å²) in [6, 6.07) is 11.4. The van der Waals surface area contributed by atoms with Gasteiger partial charge in [0.05, 0.1) is 25.4 Å². The van der Waals surface area contributed by atoms with Gasteiger partial charge in [-0.1, -0.05) is 6.07 Å². The Balaban J connectivity index is 1.89. The predicted molar refractivity (Wildman–Crippen MR) is 94.4 cm³/mol. The van der Waals surface area contributed by atoms with Crippen molar-refractivity contribution in [2.24, 2.45) is 0 Å². The first-order valence-corrected chi connectivity index (χ1v) is 7.77. The highest BCUT2D eigenvalue weighted by molar-refractivity contribution is 5.99. The third-order valence-electron chi connectivity index (χ3n) is 4.17. The van der Waals surface area contributed by atoms with Crippen molar-refractivity contribution in [1.29, 1.82) is 0 Å². The molecule has 0 aliphatic carbocycles. The fourth-order valence-corrected chi connectivity index (χ4v) is 2.98. The zero-order valence-electron chi connectivity index (χ0n) is 13.8. The van der Waals surface area contributed by atoms with Gasteiger partial charge in [-0.2, -0.15) is 0 Å². The number of rotatable bonds is 3. The Morgan fingerprint density at radius 2 is 1.88 bits per heavy atom. The molecule has 0 fully saturated rings. The Labute approximate surface area is 144 Å². The fraction of sp³-hybridized carbons (Fsp3) is 0.158. The van der Waals surface area contributed by atoms with Crippen LogP contribution in [0.25, 0.3) is 22.0 Å². The Kier molecular flexibility index (Phi) is 3.65. The van der Waals surface area contributed by atoms with E-state index in [-0.39, 0.29) is 12.5 Å². The van der Waals surface area contributed by atoms with Crippen LogP contribution in [0.3, 0.4) is 0 Å². The van der Waals surface area contributed by atoms with Gasteiger partial charge in [-0.15, -0.1) is 0 Å². The third kappa shape index (κ3) is 2.61. The average molecular weight is 336 g/mol. The van der Waals surface area contributed by atoms with Crippen LogP contribution in [0, 0.1) is 0 Å². The molecule has 0 unspecified atom stereocenters. The van der Waals surface area contributed by atoms with E-state index in [0.717, 1.165) is 22.0 Å². The number of fused-ring (bicyclic) bond motifs is 2. The molecular weight excluding hydrogens is 320 g/mol. The lowest BCUT2D eigenvalue weighted by atomic mass is 10.00. The van der Waals surface area contributed by atoms with Crippen molar-refractivity contribution in [3.63, 3.8) is 0 Å². The molecule has 1 N–H and O–H groups in total. The maximum Gasteiger partial charge on any atom is 0.262 e. The summed E-state index contributed by atoms with van der Waals surface area (Å²) in [5.41, 5.74) is 3.39. The number of nitrogens with one attached hydrogen (secondary N) is 1. The topological polar surface area (TPSA) is 69.7 Å². The van der Waals surface area contributed by atoms with Crippen LogP contribution in [0.5, 0.6) is 17.2 Å². The van der Waals surface area contributed by atoms with Crippen LogP contribution in [0.1, 0.15) is 0 Å². The molecule has 0 saturated carbocycles. The number of pyridine rings is 1. The van der Waals surface area contributed by atoms with E-state index in [1.807, 2.05) is 36.4 Å². The van der Waals surface area contributed by atoms with Crippen molar-refractivity contribution in [2.45, 2.75) is 0 Å². The molecule has 1 aliphatic heterocycles. The number of carbonyl (C=O) groups excluding carboxylic acids is 1. The molecule has 3 aromatic rings. The number of benzene rings is 2. The lowest BCUT2D eigenvalue weighted by molar-refractivity contribution is -0.118. The normalized spacial score (nSPS) is 13.0. The van der Waals surface area contributed by atoms with E-state index in [1.54, 1.807) is 20.4 Å². The molecule has 6 nitrogen and oxygen atoms in total. The number of anilines is 1. The summed E-state index contributed by atoms with van der Waals surface area (Å²) in [6.45, 7) is 0.0432. The SMILES string of the molecule is COc1cc2nccc(-c3ccc4c(c3)NC(=O)CO4)c2cc1OC. The molecular formula is C19H16N2O4. The summed E-state index contributed by atoms with van der Waals surface area (Å²) < 4.78 is 16.2. The first-order valence-electron chi connectivity index (χ1n) is 7.77. The zero-order chi connectivity index (χ0) is 17.4. The molecule has 1 amide bonds.